The summed E-state index contributed by atoms with van der Waals surface area (Å²) in [6.07, 6.45) is 2.44. The van der Waals surface area contributed by atoms with Crippen molar-refractivity contribution in [3.63, 3.8) is 0 Å². The first-order valence-corrected chi connectivity index (χ1v) is 6.64. The third-order valence-electron chi connectivity index (χ3n) is 3.10. The molecule has 1 aliphatic rings. The number of halogens is 3. The Morgan fingerprint density at radius 2 is 1.95 bits per heavy atom. The number of alkyl halides is 3. The van der Waals surface area contributed by atoms with Gasteiger partial charge in [-0.05, 0) is 43.0 Å². The minimum atomic E-state index is -4.28. The molecular formula is C15H17F3O2. The second-order valence-corrected chi connectivity index (χ2v) is 4.70. The lowest BCUT2D eigenvalue weighted by atomic mass is 10.1. The van der Waals surface area contributed by atoms with Crippen molar-refractivity contribution in [2.75, 3.05) is 6.61 Å². The van der Waals surface area contributed by atoms with E-state index in [-0.39, 0.29) is 6.29 Å². The molecule has 0 aromatic heterocycles. The lowest BCUT2D eigenvalue weighted by molar-refractivity contribution is -0.137. The molecule has 5 heteroatoms. The summed E-state index contributed by atoms with van der Waals surface area (Å²) in [4.78, 5) is 0. The number of hydrogen-bond donors (Lipinski definition) is 0. The van der Waals surface area contributed by atoms with Crippen molar-refractivity contribution >= 4 is 0 Å². The van der Waals surface area contributed by atoms with Gasteiger partial charge < -0.3 is 9.47 Å². The third kappa shape index (κ3) is 4.56. The van der Waals surface area contributed by atoms with Crippen LogP contribution >= 0.6 is 0 Å². The van der Waals surface area contributed by atoms with Crippen molar-refractivity contribution in [3.8, 4) is 0 Å². The fourth-order valence-corrected chi connectivity index (χ4v) is 1.98. The maximum absolute atomic E-state index is 12.4. The Hall–Kier alpha value is -1.49. The molecule has 1 aromatic rings. The molecule has 0 saturated carbocycles. The summed E-state index contributed by atoms with van der Waals surface area (Å²) in [7, 11) is 0. The average molecular weight is 286 g/mol. The highest BCUT2D eigenvalue weighted by Gasteiger charge is 2.29. The quantitative estimate of drug-likeness (QED) is 0.768. The summed E-state index contributed by atoms with van der Waals surface area (Å²) >= 11 is 0. The van der Waals surface area contributed by atoms with Crippen LogP contribution in [-0.2, 0) is 22.1 Å². The zero-order chi connectivity index (χ0) is 14.4. The van der Waals surface area contributed by atoms with Gasteiger partial charge in [0, 0.05) is 6.42 Å². The molecule has 0 spiro atoms. The van der Waals surface area contributed by atoms with E-state index in [1.54, 1.807) is 12.3 Å². The molecule has 0 amide bonds. The fraction of sp³-hybridized carbons (Fsp3) is 0.467. The van der Waals surface area contributed by atoms with E-state index in [2.05, 4.69) is 0 Å². The summed E-state index contributed by atoms with van der Waals surface area (Å²) in [5.41, 5.74) is 0.180. The molecule has 0 N–H and O–H groups in total. The molecule has 1 saturated heterocycles. The van der Waals surface area contributed by atoms with Gasteiger partial charge in [-0.25, -0.2) is 0 Å². The maximum Gasteiger partial charge on any atom is 0.416 e. The van der Waals surface area contributed by atoms with E-state index in [4.69, 9.17) is 9.47 Å². The standard InChI is InChI=1S/C15H17F3O2/c16-15(17,18)13-8-6-12(7-9-13)4-3-11-20-14-5-1-2-10-19-14/h3,6-9,11,14H,1-2,4-5,10H2/b11-3-. The number of ether oxygens (including phenoxy) is 2. The Labute approximate surface area is 116 Å². The Kier molecular flexibility index (Phi) is 5.06. The number of rotatable bonds is 4. The third-order valence-corrected chi connectivity index (χ3v) is 3.10. The van der Waals surface area contributed by atoms with Crippen LogP contribution in [0.4, 0.5) is 13.2 Å². The van der Waals surface area contributed by atoms with E-state index in [1.807, 2.05) is 0 Å². The number of benzene rings is 1. The Morgan fingerprint density at radius 1 is 1.20 bits per heavy atom. The zero-order valence-corrected chi connectivity index (χ0v) is 11.0. The van der Waals surface area contributed by atoms with E-state index in [1.165, 1.54) is 12.1 Å². The summed E-state index contributed by atoms with van der Waals surface area (Å²) in [5, 5.41) is 0. The van der Waals surface area contributed by atoms with Crippen molar-refractivity contribution < 1.29 is 22.6 Å². The minimum Gasteiger partial charge on any atom is -0.473 e. The normalized spacial score (nSPS) is 20.2. The van der Waals surface area contributed by atoms with Crippen LogP contribution in [0.1, 0.15) is 30.4 Å². The Morgan fingerprint density at radius 3 is 2.55 bits per heavy atom. The van der Waals surface area contributed by atoms with Gasteiger partial charge in [0.05, 0.1) is 18.4 Å². The first-order chi connectivity index (χ1) is 9.55. The Bertz CT molecular complexity index is 431. The molecule has 0 aliphatic carbocycles. The maximum atomic E-state index is 12.4. The highest BCUT2D eigenvalue weighted by atomic mass is 19.4. The summed E-state index contributed by atoms with van der Waals surface area (Å²) < 4.78 is 47.9. The molecule has 2 rings (SSSR count). The second-order valence-electron chi connectivity index (χ2n) is 4.70. The molecule has 1 aliphatic heterocycles. The van der Waals surface area contributed by atoms with Gasteiger partial charge >= 0.3 is 6.18 Å². The largest absolute Gasteiger partial charge is 0.473 e. The lowest BCUT2D eigenvalue weighted by Crippen LogP contribution is -2.19. The molecule has 0 radical (unpaired) electrons. The molecule has 20 heavy (non-hydrogen) atoms. The minimum absolute atomic E-state index is 0.187. The molecule has 0 bridgehead atoms. The van der Waals surface area contributed by atoms with Gasteiger partial charge in [-0.1, -0.05) is 12.1 Å². The van der Waals surface area contributed by atoms with Crippen LogP contribution < -0.4 is 0 Å². The van der Waals surface area contributed by atoms with Gasteiger partial charge in [-0.2, -0.15) is 13.2 Å². The number of allylic oxidation sites excluding steroid dienone is 1. The van der Waals surface area contributed by atoms with Crippen LogP contribution in [-0.4, -0.2) is 12.9 Å². The van der Waals surface area contributed by atoms with E-state index in [0.29, 0.717) is 6.42 Å². The molecule has 2 nitrogen and oxygen atoms in total. The molecular weight excluding hydrogens is 269 g/mol. The van der Waals surface area contributed by atoms with Crippen LogP contribution in [0.25, 0.3) is 0 Å². The summed E-state index contributed by atoms with van der Waals surface area (Å²) in [6.45, 7) is 0.720. The zero-order valence-electron chi connectivity index (χ0n) is 11.0. The molecule has 1 unspecified atom stereocenters. The van der Waals surface area contributed by atoms with Crippen molar-refractivity contribution in [1.82, 2.24) is 0 Å². The molecule has 1 atom stereocenters. The van der Waals surface area contributed by atoms with E-state index in [0.717, 1.165) is 43.6 Å². The molecule has 1 fully saturated rings. The highest BCUT2D eigenvalue weighted by molar-refractivity contribution is 5.25. The van der Waals surface area contributed by atoms with Gasteiger partial charge in [0.2, 0.25) is 0 Å². The van der Waals surface area contributed by atoms with Gasteiger partial charge in [-0.15, -0.1) is 0 Å². The van der Waals surface area contributed by atoms with E-state index < -0.39 is 11.7 Å². The Balaban J connectivity index is 1.78. The van der Waals surface area contributed by atoms with Crippen molar-refractivity contribution in [3.05, 3.63) is 47.7 Å². The van der Waals surface area contributed by atoms with Crippen LogP contribution in [0.2, 0.25) is 0 Å². The topological polar surface area (TPSA) is 18.5 Å². The van der Waals surface area contributed by atoms with Gasteiger partial charge in [0.15, 0.2) is 6.29 Å². The molecule has 1 aromatic carbocycles. The van der Waals surface area contributed by atoms with Gasteiger partial charge in [-0.3, -0.25) is 0 Å². The molecule has 1 heterocycles. The smallest absolute Gasteiger partial charge is 0.416 e. The summed E-state index contributed by atoms with van der Waals surface area (Å²) in [6, 6.07) is 5.14. The van der Waals surface area contributed by atoms with E-state index in [9.17, 15) is 13.2 Å². The van der Waals surface area contributed by atoms with Crippen LogP contribution in [0.15, 0.2) is 36.6 Å². The van der Waals surface area contributed by atoms with Crippen molar-refractivity contribution in [2.24, 2.45) is 0 Å². The predicted octanol–water partition coefficient (Wildman–Crippen LogP) is 4.30. The van der Waals surface area contributed by atoms with E-state index >= 15 is 0 Å². The average Bonchev–Trinajstić information content (AvgIpc) is 2.44. The van der Waals surface area contributed by atoms with Gasteiger partial charge in [0.25, 0.3) is 0 Å². The SMILES string of the molecule is FC(F)(F)c1ccc(C/C=C\OC2CCCCO2)cc1. The van der Waals surface area contributed by atoms with Crippen LogP contribution in [0.3, 0.4) is 0 Å². The first kappa shape index (κ1) is 14.9. The van der Waals surface area contributed by atoms with Crippen molar-refractivity contribution in [1.29, 1.82) is 0 Å². The number of hydrogen-bond acceptors (Lipinski definition) is 2. The monoisotopic (exact) mass is 286 g/mol. The summed E-state index contributed by atoms with van der Waals surface area (Å²) in [5.74, 6) is 0. The first-order valence-electron chi connectivity index (χ1n) is 6.64. The van der Waals surface area contributed by atoms with Crippen molar-refractivity contribution in [2.45, 2.75) is 38.1 Å². The predicted molar refractivity (Wildman–Crippen MR) is 69.0 cm³/mol. The second kappa shape index (κ2) is 6.79. The van der Waals surface area contributed by atoms with Crippen LogP contribution in [0.5, 0.6) is 0 Å². The lowest BCUT2D eigenvalue weighted by Gasteiger charge is -2.21. The highest BCUT2D eigenvalue weighted by Crippen LogP contribution is 2.29. The molecule has 110 valence electrons. The van der Waals surface area contributed by atoms with Gasteiger partial charge in [0.1, 0.15) is 0 Å². The fourth-order valence-electron chi connectivity index (χ4n) is 1.98. The van der Waals surface area contributed by atoms with Crippen LogP contribution in [0, 0.1) is 0 Å².